The van der Waals surface area contributed by atoms with Gasteiger partial charge in [0.2, 0.25) is 5.91 Å². The molecule has 0 aromatic carbocycles. The minimum atomic E-state index is -0.935. The minimum Gasteiger partial charge on any atom is -0.480 e. The molecule has 1 aliphatic heterocycles. The van der Waals surface area contributed by atoms with E-state index in [1.165, 1.54) is 6.42 Å². The number of nitrogens with one attached hydrogen (secondary N) is 1. The number of hydrogen-bond donors (Lipinski definition) is 3. The largest absolute Gasteiger partial charge is 0.480 e. The molecule has 0 aromatic rings. The van der Waals surface area contributed by atoms with Crippen LogP contribution in [0, 0.1) is 17.3 Å². The molecule has 8 heteroatoms. The van der Waals surface area contributed by atoms with Crippen LogP contribution in [0.3, 0.4) is 0 Å². The van der Waals surface area contributed by atoms with Crippen molar-refractivity contribution in [1.29, 1.82) is 0 Å². The number of carbonyl (C=O) groups excluding carboxylic acids is 2. The molecule has 206 valence electrons. The van der Waals surface area contributed by atoms with E-state index in [9.17, 15) is 19.5 Å². The van der Waals surface area contributed by atoms with Gasteiger partial charge in [0.05, 0.1) is 12.6 Å². The third-order valence-corrected chi connectivity index (χ3v) is 6.62. The van der Waals surface area contributed by atoms with Crippen LogP contribution in [0.1, 0.15) is 107 Å². The molecule has 1 aliphatic carbocycles. The molecule has 1 saturated heterocycles. The Hall–Kier alpha value is -1.67. The summed E-state index contributed by atoms with van der Waals surface area (Å²) in [5, 5.41) is 12.7. The van der Waals surface area contributed by atoms with Crippen molar-refractivity contribution in [3.63, 3.8) is 0 Å². The minimum absolute atomic E-state index is 0. The van der Waals surface area contributed by atoms with Gasteiger partial charge in [0.1, 0.15) is 12.1 Å². The molecule has 2 aliphatic rings. The van der Waals surface area contributed by atoms with E-state index < -0.39 is 24.1 Å². The molecule has 0 aromatic heterocycles. The maximum atomic E-state index is 13.1. The lowest BCUT2D eigenvalue weighted by atomic mass is 9.84. The van der Waals surface area contributed by atoms with E-state index in [1.54, 1.807) is 18.7 Å². The third-order valence-electron chi connectivity index (χ3n) is 6.62. The predicted octanol–water partition coefficient (Wildman–Crippen LogP) is 5.18. The van der Waals surface area contributed by atoms with Gasteiger partial charge >= 0.3 is 11.9 Å². The Balaban J connectivity index is 0.00000111. The van der Waals surface area contributed by atoms with Crippen LogP contribution in [0.15, 0.2) is 0 Å². The molecule has 5 atom stereocenters. The van der Waals surface area contributed by atoms with Gasteiger partial charge in [0.25, 0.3) is 0 Å². The Bertz CT molecular complexity index is 662. The first-order chi connectivity index (χ1) is 15.8. The monoisotopic (exact) mass is 499 g/mol. The maximum absolute atomic E-state index is 13.1. The number of aliphatic carboxylic acids is 1. The van der Waals surface area contributed by atoms with Crippen LogP contribution in [-0.2, 0) is 19.1 Å². The quantitative estimate of drug-likeness (QED) is 0.372. The molecule has 2 fully saturated rings. The number of likely N-dealkylation sites (tertiary alicyclic amines) is 1. The van der Waals surface area contributed by atoms with E-state index in [-0.39, 0.29) is 30.0 Å². The predicted molar refractivity (Wildman–Crippen MR) is 140 cm³/mol. The molecule has 8 nitrogen and oxygen atoms in total. The van der Waals surface area contributed by atoms with Crippen molar-refractivity contribution in [2.45, 2.75) is 131 Å². The normalized spacial score (nSPS) is 23.3. The van der Waals surface area contributed by atoms with Gasteiger partial charge in [0.15, 0.2) is 0 Å². The van der Waals surface area contributed by atoms with Crippen molar-refractivity contribution in [1.82, 2.24) is 16.4 Å². The van der Waals surface area contributed by atoms with Gasteiger partial charge in [-0.15, -0.1) is 0 Å². The first-order valence-electron chi connectivity index (χ1n) is 13.3. The fourth-order valence-electron chi connectivity index (χ4n) is 5.62. The SMILES string of the molecule is CC(C)CC(C)(C)C.CCC[C@H](N[C@@H](C)C(=O)N1[C@H](C(=O)O)C[C@@H]2CCCC[C@@H]21)C(=O)OCC.N. The van der Waals surface area contributed by atoms with Crippen LogP contribution in [0.5, 0.6) is 0 Å². The number of hydrogen-bond acceptors (Lipinski definition) is 6. The highest BCUT2D eigenvalue weighted by Gasteiger charge is 2.48. The first kappa shape index (κ1) is 33.3. The summed E-state index contributed by atoms with van der Waals surface area (Å²) in [5.41, 5.74) is 0.522. The van der Waals surface area contributed by atoms with Gasteiger partial charge in [-0.3, -0.25) is 14.9 Å². The average molecular weight is 500 g/mol. The van der Waals surface area contributed by atoms with Gasteiger partial charge in [0, 0.05) is 6.04 Å². The molecule has 1 saturated carbocycles. The zero-order valence-electron chi connectivity index (χ0n) is 23.6. The summed E-state index contributed by atoms with van der Waals surface area (Å²) in [4.78, 5) is 38.5. The summed E-state index contributed by atoms with van der Waals surface area (Å²) in [5.74, 6) is -0.402. The molecular weight excluding hydrogens is 446 g/mol. The highest BCUT2D eigenvalue weighted by atomic mass is 16.5. The Labute approximate surface area is 213 Å². The van der Waals surface area contributed by atoms with E-state index in [2.05, 4.69) is 39.9 Å². The van der Waals surface area contributed by atoms with E-state index in [0.717, 1.165) is 38.0 Å². The van der Waals surface area contributed by atoms with Crippen molar-refractivity contribution < 1.29 is 24.2 Å². The molecule has 0 bridgehead atoms. The zero-order chi connectivity index (χ0) is 26.1. The Morgan fingerprint density at radius 1 is 1.09 bits per heavy atom. The first-order valence-corrected chi connectivity index (χ1v) is 13.3. The Kier molecular flexibility index (Phi) is 14.7. The lowest BCUT2D eigenvalue weighted by Crippen LogP contribution is -2.55. The van der Waals surface area contributed by atoms with Crippen molar-refractivity contribution in [3.05, 3.63) is 0 Å². The molecule has 35 heavy (non-hydrogen) atoms. The van der Waals surface area contributed by atoms with Crippen molar-refractivity contribution >= 4 is 17.8 Å². The van der Waals surface area contributed by atoms with Gasteiger partial charge in [-0.1, -0.05) is 60.8 Å². The van der Waals surface area contributed by atoms with Crippen LogP contribution in [-0.4, -0.2) is 58.6 Å². The number of carboxylic acid groups (broad SMARTS) is 1. The number of amides is 1. The van der Waals surface area contributed by atoms with Crippen LogP contribution in [0.2, 0.25) is 0 Å². The number of rotatable bonds is 9. The van der Waals surface area contributed by atoms with Gasteiger partial charge < -0.3 is 20.9 Å². The maximum Gasteiger partial charge on any atom is 0.326 e. The lowest BCUT2D eigenvalue weighted by molar-refractivity contribution is -0.152. The summed E-state index contributed by atoms with van der Waals surface area (Å²) < 4.78 is 5.09. The zero-order valence-corrected chi connectivity index (χ0v) is 23.6. The Morgan fingerprint density at radius 3 is 2.14 bits per heavy atom. The Morgan fingerprint density at radius 2 is 1.69 bits per heavy atom. The molecule has 0 spiro atoms. The van der Waals surface area contributed by atoms with Gasteiger partial charge in [-0.05, 0) is 63.2 Å². The summed E-state index contributed by atoms with van der Waals surface area (Å²) in [6.45, 7) is 17.1. The lowest BCUT2D eigenvalue weighted by Gasteiger charge is -2.35. The third kappa shape index (κ3) is 10.9. The van der Waals surface area contributed by atoms with E-state index in [0.29, 0.717) is 24.9 Å². The second kappa shape index (κ2) is 15.4. The van der Waals surface area contributed by atoms with E-state index in [4.69, 9.17) is 4.74 Å². The number of ether oxygens (including phenoxy) is 1. The summed E-state index contributed by atoms with van der Waals surface area (Å²) in [6.07, 6.45) is 7.20. The van der Waals surface area contributed by atoms with Crippen molar-refractivity contribution in [2.24, 2.45) is 17.3 Å². The number of nitrogens with zero attached hydrogens (tertiary/aromatic N) is 1. The van der Waals surface area contributed by atoms with Gasteiger partial charge in [-0.25, -0.2) is 4.79 Å². The highest BCUT2D eigenvalue weighted by Crippen LogP contribution is 2.40. The molecule has 1 amide bonds. The summed E-state index contributed by atoms with van der Waals surface area (Å²) >= 11 is 0. The van der Waals surface area contributed by atoms with Gasteiger partial charge in [-0.2, -0.15) is 0 Å². The fourth-order valence-corrected chi connectivity index (χ4v) is 5.62. The van der Waals surface area contributed by atoms with Crippen LogP contribution in [0.4, 0.5) is 0 Å². The number of esters is 1. The molecule has 5 N–H and O–H groups in total. The standard InChI is InChI=1S/C19H32N2O5.C8H18.H3N/c1-4-8-14(19(25)26-5-2)20-12(3)17(22)21-15-10-7-6-9-13(15)11-16(21)18(23)24;1-7(2)6-8(3,4)5;/h12-16,20H,4-11H2,1-3H3,(H,23,24);7H,6H2,1-5H3;1H3/t12-,13-,14-,15-,16-;;/m0../s1. The van der Waals surface area contributed by atoms with Crippen LogP contribution < -0.4 is 11.5 Å². The number of fused-ring (bicyclic) bond motifs is 1. The molecule has 0 unspecified atom stereocenters. The summed E-state index contributed by atoms with van der Waals surface area (Å²) in [6, 6.07) is -1.92. The second-order valence-electron chi connectivity index (χ2n) is 11.6. The van der Waals surface area contributed by atoms with Crippen molar-refractivity contribution in [3.8, 4) is 0 Å². The highest BCUT2D eigenvalue weighted by molar-refractivity contribution is 5.88. The molecular formula is C27H53N3O5. The van der Waals surface area contributed by atoms with Crippen molar-refractivity contribution in [2.75, 3.05) is 6.61 Å². The molecule has 1 heterocycles. The molecule has 0 radical (unpaired) electrons. The average Bonchev–Trinajstić information content (AvgIpc) is 3.11. The smallest absolute Gasteiger partial charge is 0.326 e. The molecule has 2 rings (SSSR count). The van der Waals surface area contributed by atoms with Crippen LogP contribution >= 0.6 is 0 Å². The van der Waals surface area contributed by atoms with E-state index in [1.807, 2.05) is 6.92 Å². The van der Waals surface area contributed by atoms with Crippen LogP contribution in [0.25, 0.3) is 0 Å². The van der Waals surface area contributed by atoms with E-state index >= 15 is 0 Å². The fraction of sp³-hybridized carbons (Fsp3) is 0.889. The second-order valence-corrected chi connectivity index (χ2v) is 11.6. The number of carbonyl (C=O) groups is 3. The summed E-state index contributed by atoms with van der Waals surface area (Å²) in [7, 11) is 0. The topological polar surface area (TPSA) is 131 Å². The number of carboxylic acids is 1.